The number of rotatable bonds is 5. The molecule has 23 heavy (non-hydrogen) atoms. The molecule has 2 fully saturated rings. The van der Waals surface area contributed by atoms with Crippen molar-refractivity contribution in [3.05, 3.63) is 42.2 Å². The first-order chi connectivity index (χ1) is 11.2. The molecule has 0 amide bonds. The Balaban J connectivity index is 1.61. The molecule has 4 atom stereocenters. The molecule has 1 unspecified atom stereocenters. The standard InChI is InChI=1S/C21H29FO/c1-3-4-5-15-6-7-17-13-18(9-8-16(17)12-15)19-10-11-21(23-2)20(22)14-19/h3,10-11,14-18H,1,4-9,12-13H2,2H3/t15-,16-,17-,18?/m1/s1. The van der Waals surface area contributed by atoms with E-state index in [2.05, 4.69) is 18.7 Å². The minimum Gasteiger partial charge on any atom is -0.494 e. The summed E-state index contributed by atoms with van der Waals surface area (Å²) >= 11 is 0. The van der Waals surface area contributed by atoms with Crippen molar-refractivity contribution >= 4 is 0 Å². The predicted octanol–water partition coefficient (Wildman–Crippen LogP) is 6.10. The van der Waals surface area contributed by atoms with Crippen LogP contribution in [0.1, 0.15) is 62.8 Å². The van der Waals surface area contributed by atoms with Gasteiger partial charge < -0.3 is 4.74 Å². The van der Waals surface area contributed by atoms with Crippen LogP contribution in [0.3, 0.4) is 0 Å². The van der Waals surface area contributed by atoms with Crippen molar-refractivity contribution in [3.63, 3.8) is 0 Å². The van der Waals surface area contributed by atoms with E-state index in [1.54, 1.807) is 12.1 Å². The minimum absolute atomic E-state index is 0.222. The van der Waals surface area contributed by atoms with Crippen LogP contribution in [0.15, 0.2) is 30.9 Å². The van der Waals surface area contributed by atoms with Gasteiger partial charge >= 0.3 is 0 Å². The Morgan fingerprint density at radius 3 is 2.70 bits per heavy atom. The third-order valence-corrected chi connectivity index (χ3v) is 6.15. The van der Waals surface area contributed by atoms with Crippen LogP contribution in [0.4, 0.5) is 4.39 Å². The van der Waals surface area contributed by atoms with Gasteiger partial charge in [-0.05, 0) is 86.3 Å². The van der Waals surface area contributed by atoms with Crippen molar-refractivity contribution in [2.45, 2.75) is 57.3 Å². The molecule has 1 aromatic carbocycles. The second-order valence-corrected chi connectivity index (χ2v) is 7.47. The fourth-order valence-electron chi connectivity index (χ4n) is 4.84. The van der Waals surface area contributed by atoms with Gasteiger partial charge in [-0.25, -0.2) is 4.39 Å². The Morgan fingerprint density at radius 2 is 1.96 bits per heavy atom. The number of halogens is 1. The molecule has 2 saturated carbocycles. The molecule has 0 N–H and O–H groups in total. The van der Waals surface area contributed by atoms with Crippen molar-refractivity contribution in [3.8, 4) is 5.75 Å². The van der Waals surface area contributed by atoms with Crippen molar-refractivity contribution < 1.29 is 9.13 Å². The van der Waals surface area contributed by atoms with Crippen LogP contribution in [0, 0.1) is 23.6 Å². The summed E-state index contributed by atoms with van der Waals surface area (Å²) in [5.41, 5.74) is 1.16. The van der Waals surface area contributed by atoms with Gasteiger partial charge in [0.25, 0.3) is 0 Å². The SMILES string of the molecule is C=CCC[C@@H]1CC[C@@H]2CC(c3ccc(OC)c(F)c3)CC[C@@H]2C1. The molecule has 3 rings (SSSR count). The van der Waals surface area contributed by atoms with Gasteiger partial charge in [-0.3, -0.25) is 0 Å². The van der Waals surface area contributed by atoms with Crippen molar-refractivity contribution in [1.82, 2.24) is 0 Å². The second-order valence-electron chi connectivity index (χ2n) is 7.47. The van der Waals surface area contributed by atoms with Gasteiger partial charge in [0, 0.05) is 0 Å². The molecule has 0 heterocycles. The second kappa shape index (κ2) is 7.51. The highest BCUT2D eigenvalue weighted by Gasteiger charge is 2.35. The monoisotopic (exact) mass is 316 g/mol. The zero-order valence-corrected chi connectivity index (χ0v) is 14.3. The fraction of sp³-hybridized carbons (Fsp3) is 0.619. The predicted molar refractivity (Wildman–Crippen MR) is 93.3 cm³/mol. The Morgan fingerprint density at radius 1 is 1.17 bits per heavy atom. The normalized spacial score (nSPS) is 30.5. The fourth-order valence-corrected chi connectivity index (χ4v) is 4.84. The quantitative estimate of drug-likeness (QED) is 0.596. The first-order valence-electron chi connectivity index (χ1n) is 9.15. The van der Waals surface area contributed by atoms with E-state index in [0.717, 1.165) is 29.7 Å². The third-order valence-electron chi connectivity index (χ3n) is 6.15. The molecule has 0 radical (unpaired) electrons. The molecule has 1 nitrogen and oxygen atoms in total. The Labute approximate surface area is 139 Å². The maximum atomic E-state index is 14.0. The number of ether oxygens (including phenoxy) is 1. The van der Waals surface area contributed by atoms with E-state index >= 15 is 0 Å². The van der Waals surface area contributed by atoms with Crippen molar-refractivity contribution in [1.29, 1.82) is 0 Å². The van der Waals surface area contributed by atoms with Gasteiger partial charge in [-0.2, -0.15) is 0 Å². The van der Waals surface area contributed by atoms with Crippen LogP contribution in [0.5, 0.6) is 5.75 Å². The molecule has 0 aliphatic heterocycles. The highest BCUT2D eigenvalue weighted by molar-refractivity contribution is 5.31. The number of methoxy groups -OCH3 is 1. The van der Waals surface area contributed by atoms with E-state index in [9.17, 15) is 4.39 Å². The summed E-state index contributed by atoms with van der Waals surface area (Å²) in [7, 11) is 1.52. The third kappa shape index (κ3) is 3.79. The molecule has 2 heteroatoms. The number of fused-ring (bicyclic) bond motifs is 1. The van der Waals surface area contributed by atoms with Crippen LogP contribution in [-0.4, -0.2) is 7.11 Å². The molecule has 0 spiro atoms. The largest absolute Gasteiger partial charge is 0.494 e. The average molecular weight is 316 g/mol. The van der Waals surface area contributed by atoms with Gasteiger partial charge in [-0.1, -0.05) is 18.6 Å². The summed E-state index contributed by atoms with van der Waals surface area (Å²) in [6, 6.07) is 5.53. The lowest BCUT2D eigenvalue weighted by molar-refractivity contribution is 0.115. The Bertz CT molecular complexity index is 539. The van der Waals surface area contributed by atoms with Crippen molar-refractivity contribution in [2.24, 2.45) is 17.8 Å². The first kappa shape index (κ1) is 16.5. The van der Waals surface area contributed by atoms with Gasteiger partial charge in [0.05, 0.1) is 7.11 Å². The molecule has 0 saturated heterocycles. The average Bonchev–Trinajstić information content (AvgIpc) is 2.59. The van der Waals surface area contributed by atoms with Crippen LogP contribution >= 0.6 is 0 Å². The van der Waals surface area contributed by atoms with E-state index in [1.165, 1.54) is 52.1 Å². The van der Waals surface area contributed by atoms with Gasteiger partial charge in [0.1, 0.15) is 0 Å². The molecule has 2 aliphatic carbocycles. The zero-order valence-electron chi connectivity index (χ0n) is 14.3. The summed E-state index contributed by atoms with van der Waals surface area (Å²) in [6.07, 6.45) is 12.4. The summed E-state index contributed by atoms with van der Waals surface area (Å²) in [5.74, 6) is 3.31. The lowest BCUT2D eigenvalue weighted by Gasteiger charge is -2.42. The highest BCUT2D eigenvalue weighted by Crippen LogP contribution is 2.48. The smallest absolute Gasteiger partial charge is 0.165 e. The van der Waals surface area contributed by atoms with Crippen LogP contribution in [0.2, 0.25) is 0 Å². The van der Waals surface area contributed by atoms with Gasteiger partial charge in [0.15, 0.2) is 11.6 Å². The minimum atomic E-state index is -0.222. The Kier molecular flexibility index (Phi) is 5.40. The summed E-state index contributed by atoms with van der Waals surface area (Å²) in [5, 5.41) is 0. The van der Waals surface area contributed by atoms with E-state index in [0.29, 0.717) is 11.7 Å². The molecule has 0 bridgehead atoms. The molecule has 2 aliphatic rings. The molecule has 126 valence electrons. The van der Waals surface area contributed by atoms with E-state index in [4.69, 9.17) is 4.74 Å². The van der Waals surface area contributed by atoms with E-state index < -0.39 is 0 Å². The molecular formula is C21H29FO. The highest BCUT2D eigenvalue weighted by atomic mass is 19.1. The first-order valence-corrected chi connectivity index (χ1v) is 9.15. The van der Waals surface area contributed by atoms with Gasteiger partial charge in [0.2, 0.25) is 0 Å². The summed E-state index contributed by atoms with van der Waals surface area (Å²) < 4.78 is 19.0. The van der Waals surface area contributed by atoms with E-state index in [-0.39, 0.29) is 5.82 Å². The lowest BCUT2D eigenvalue weighted by atomic mass is 9.63. The van der Waals surface area contributed by atoms with Crippen LogP contribution in [0.25, 0.3) is 0 Å². The van der Waals surface area contributed by atoms with Gasteiger partial charge in [-0.15, -0.1) is 6.58 Å². The number of hydrogen-bond acceptors (Lipinski definition) is 1. The molecular weight excluding hydrogens is 287 g/mol. The van der Waals surface area contributed by atoms with Crippen LogP contribution in [-0.2, 0) is 0 Å². The summed E-state index contributed by atoms with van der Waals surface area (Å²) in [4.78, 5) is 0. The summed E-state index contributed by atoms with van der Waals surface area (Å²) in [6.45, 7) is 3.85. The maximum Gasteiger partial charge on any atom is 0.165 e. The van der Waals surface area contributed by atoms with Crippen molar-refractivity contribution in [2.75, 3.05) is 7.11 Å². The number of allylic oxidation sites excluding steroid dienone is 1. The van der Waals surface area contributed by atoms with Crippen LogP contribution < -0.4 is 4.74 Å². The maximum absolute atomic E-state index is 14.0. The zero-order chi connectivity index (χ0) is 16.2. The topological polar surface area (TPSA) is 9.23 Å². The Hall–Kier alpha value is -1.31. The lowest BCUT2D eigenvalue weighted by Crippen LogP contribution is -2.30. The number of hydrogen-bond donors (Lipinski definition) is 0. The van der Waals surface area contributed by atoms with E-state index in [1.807, 2.05) is 0 Å². The molecule has 0 aromatic heterocycles. The number of benzene rings is 1. The molecule has 1 aromatic rings.